The fraction of sp³-hybridized carbons (Fsp3) is 0.188. The molecule has 0 saturated heterocycles. The topological polar surface area (TPSA) is 86.5 Å². The van der Waals surface area contributed by atoms with Crippen molar-refractivity contribution in [3.05, 3.63) is 53.6 Å². The molecule has 2 aromatic rings. The highest BCUT2D eigenvalue weighted by atomic mass is 32.2. The summed E-state index contributed by atoms with van der Waals surface area (Å²) in [6, 6.07) is 11.4. The Morgan fingerprint density at radius 2 is 1.77 bits per heavy atom. The maximum Gasteiger partial charge on any atom is 0.179 e. The van der Waals surface area contributed by atoms with Gasteiger partial charge in [-0.2, -0.15) is 0 Å². The monoisotopic (exact) mass is 319 g/mol. The summed E-state index contributed by atoms with van der Waals surface area (Å²) in [5, 5.41) is 0. The Morgan fingerprint density at radius 3 is 2.32 bits per heavy atom. The first-order valence-corrected chi connectivity index (χ1v) is 8.46. The molecule has 0 aliphatic rings. The van der Waals surface area contributed by atoms with E-state index in [1.165, 1.54) is 25.3 Å². The summed E-state index contributed by atoms with van der Waals surface area (Å²) in [6.07, 6.45) is 1.31. The van der Waals surface area contributed by atoms with E-state index in [-0.39, 0.29) is 22.8 Å². The van der Waals surface area contributed by atoms with Gasteiger partial charge < -0.3 is 10.5 Å². The standard InChI is InChI=1S/C16H17NO4S/c1-21-15-10-12(5-8-16(15)22(2,19)20)14(18)9-11-3-6-13(17)7-4-11/h3-8,10H,9,17H2,1-2H3. The van der Waals surface area contributed by atoms with Crippen molar-refractivity contribution in [3.8, 4) is 5.75 Å². The molecule has 0 aromatic heterocycles. The minimum absolute atomic E-state index is 0.0686. The Labute approximate surface area is 129 Å². The molecule has 2 rings (SSSR count). The number of Topliss-reactive ketones (excluding diaryl/α,β-unsaturated/α-hetero) is 1. The quantitative estimate of drug-likeness (QED) is 0.674. The molecule has 2 N–H and O–H groups in total. The van der Waals surface area contributed by atoms with Gasteiger partial charge in [-0.25, -0.2) is 8.42 Å². The summed E-state index contributed by atoms with van der Waals surface area (Å²) in [5.74, 6) is 0.0498. The van der Waals surface area contributed by atoms with E-state index >= 15 is 0 Å². The Hall–Kier alpha value is -2.34. The molecule has 0 heterocycles. The summed E-state index contributed by atoms with van der Waals surface area (Å²) < 4.78 is 28.4. The minimum atomic E-state index is -3.40. The number of nitrogens with two attached hydrogens (primary N) is 1. The van der Waals surface area contributed by atoms with Crippen LogP contribution in [0.15, 0.2) is 47.4 Å². The number of rotatable bonds is 5. The number of carbonyl (C=O) groups is 1. The zero-order valence-corrected chi connectivity index (χ0v) is 13.2. The molecule has 0 amide bonds. The second kappa shape index (κ2) is 6.19. The lowest BCUT2D eigenvalue weighted by molar-refractivity contribution is 0.0992. The molecule has 6 heteroatoms. The molecular weight excluding hydrogens is 302 g/mol. The van der Waals surface area contributed by atoms with Gasteiger partial charge in [0.15, 0.2) is 15.6 Å². The highest BCUT2D eigenvalue weighted by Crippen LogP contribution is 2.25. The summed E-state index contributed by atoms with van der Waals surface area (Å²) in [4.78, 5) is 12.4. The summed E-state index contributed by atoms with van der Waals surface area (Å²) >= 11 is 0. The SMILES string of the molecule is COc1cc(C(=O)Cc2ccc(N)cc2)ccc1S(C)(=O)=O. The average Bonchev–Trinajstić information content (AvgIpc) is 2.48. The van der Waals surface area contributed by atoms with Crippen LogP contribution in [0, 0.1) is 0 Å². The largest absolute Gasteiger partial charge is 0.495 e. The number of ether oxygens (including phenoxy) is 1. The van der Waals surface area contributed by atoms with Crippen LogP contribution < -0.4 is 10.5 Å². The smallest absolute Gasteiger partial charge is 0.179 e. The first kappa shape index (κ1) is 16.0. The van der Waals surface area contributed by atoms with Crippen LogP contribution in [-0.4, -0.2) is 27.6 Å². The van der Waals surface area contributed by atoms with Gasteiger partial charge in [-0.1, -0.05) is 12.1 Å². The normalized spacial score (nSPS) is 11.2. The van der Waals surface area contributed by atoms with Crippen molar-refractivity contribution < 1.29 is 17.9 Å². The van der Waals surface area contributed by atoms with E-state index in [1.807, 2.05) is 0 Å². The average molecular weight is 319 g/mol. The molecule has 0 aliphatic heterocycles. The summed E-state index contributed by atoms with van der Waals surface area (Å²) in [6.45, 7) is 0. The molecule has 0 fully saturated rings. The number of hydrogen-bond acceptors (Lipinski definition) is 5. The molecule has 0 saturated carbocycles. The lowest BCUT2D eigenvalue weighted by Gasteiger charge is -2.09. The lowest BCUT2D eigenvalue weighted by Crippen LogP contribution is -2.06. The van der Waals surface area contributed by atoms with Crippen molar-refractivity contribution in [2.75, 3.05) is 19.1 Å². The number of nitrogen functional groups attached to an aromatic ring is 1. The van der Waals surface area contributed by atoms with E-state index in [2.05, 4.69) is 0 Å². The van der Waals surface area contributed by atoms with Crippen molar-refractivity contribution in [1.82, 2.24) is 0 Å². The van der Waals surface area contributed by atoms with Crippen molar-refractivity contribution in [3.63, 3.8) is 0 Å². The van der Waals surface area contributed by atoms with Crippen LogP contribution in [0.1, 0.15) is 15.9 Å². The molecule has 22 heavy (non-hydrogen) atoms. The van der Waals surface area contributed by atoms with Crippen LogP contribution in [0.3, 0.4) is 0 Å². The van der Waals surface area contributed by atoms with E-state index in [4.69, 9.17) is 10.5 Å². The van der Waals surface area contributed by atoms with E-state index in [1.54, 1.807) is 24.3 Å². The second-order valence-corrected chi connectivity index (χ2v) is 6.96. The van der Waals surface area contributed by atoms with E-state index < -0.39 is 9.84 Å². The molecule has 0 spiro atoms. The Kier molecular flexibility index (Phi) is 4.51. The Balaban J connectivity index is 2.29. The number of anilines is 1. The minimum Gasteiger partial charge on any atom is -0.495 e. The third kappa shape index (κ3) is 3.65. The number of sulfone groups is 1. The van der Waals surface area contributed by atoms with Crippen molar-refractivity contribution >= 4 is 21.3 Å². The van der Waals surface area contributed by atoms with Gasteiger partial charge in [0, 0.05) is 23.9 Å². The Bertz CT molecular complexity index is 795. The van der Waals surface area contributed by atoms with Crippen LogP contribution in [0.25, 0.3) is 0 Å². The first-order valence-electron chi connectivity index (χ1n) is 6.57. The number of ketones is 1. The highest BCUT2D eigenvalue weighted by Gasteiger charge is 2.17. The molecule has 2 aromatic carbocycles. The van der Waals surface area contributed by atoms with Gasteiger partial charge in [0.1, 0.15) is 10.6 Å². The van der Waals surface area contributed by atoms with Gasteiger partial charge in [-0.15, -0.1) is 0 Å². The van der Waals surface area contributed by atoms with Crippen LogP contribution >= 0.6 is 0 Å². The summed E-state index contributed by atoms with van der Waals surface area (Å²) in [5.41, 5.74) is 7.48. The fourth-order valence-electron chi connectivity index (χ4n) is 2.07. The van der Waals surface area contributed by atoms with Gasteiger partial charge >= 0.3 is 0 Å². The maximum atomic E-state index is 12.3. The van der Waals surface area contributed by atoms with Gasteiger partial charge in [-0.05, 0) is 35.9 Å². The number of benzene rings is 2. The number of methoxy groups -OCH3 is 1. The predicted octanol–water partition coefficient (Wildman–Crippen LogP) is 2.11. The predicted molar refractivity (Wildman–Crippen MR) is 85.0 cm³/mol. The van der Waals surface area contributed by atoms with Gasteiger partial charge in [0.2, 0.25) is 0 Å². The fourth-order valence-corrected chi connectivity index (χ4v) is 2.89. The highest BCUT2D eigenvalue weighted by molar-refractivity contribution is 7.90. The third-order valence-corrected chi connectivity index (χ3v) is 4.37. The zero-order chi connectivity index (χ0) is 16.3. The van der Waals surface area contributed by atoms with Crippen molar-refractivity contribution in [2.24, 2.45) is 0 Å². The lowest BCUT2D eigenvalue weighted by atomic mass is 10.0. The molecule has 0 bridgehead atoms. The maximum absolute atomic E-state index is 12.3. The zero-order valence-electron chi connectivity index (χ0n) is 12.4. The molecular formula is C16H17NO4S. The van der Waals surface area contributed by atoms with Crippen LogP contribution in [0.2, 0.25) is 0 Å². The van der Waals surface area contributed by atoms with E-state index in [0.29, 0.717) is 11.3 Å². The number of hydrogen-bond donors (Lipinski definition) is 1. The third-order valence-electron chi connectivity index (χ3n) is 3.23. The van der Waals surface area contributed by atoms with Crippen molar-refractivity contribution in [1.29, 1.82) is 0 Å². The molecule has 116 valence electrons. The Morgan fingerprint density at radius 1 is 1.14 bits per heavy atom. The molecule has 0 aliphatic carbocycles. The van der Waals surface area contributed by atoms with Crippen LogP contribution in [0.4, 0.5) is 5.69 Å². The van der Waals surface area contributed by atoms with Crippen LogP contribution in [-0.2, 0) is 16.3 Å². The second-order valence-electron chi connectivity index (χ2n) is 4.98. The van der Waals surface area contributed by atoms with Crippen LogP contribution in [0.5, 0.6) is 5.75 Å². The molecule has 5 nitrogen and oxygen atoms in total. The van der Waals surface area contributed by atoms with Gasteiger partial charge in [-0.3, -0.25) is 4.79 Å². The van der Waals surface area contributed by atoms with Gasteiger partial charge in [0.05, 0.1) is 7.11 Å². The van der Waals surface area contributed by atoms with Crippen molar-refractivity contribution in [2.45, 2.75) is 11.3 Å². The van der Waals surface area contributed by atoms with E-state index in [0.717, 1.165) is 11.8 Å². The van der Waals surface area contributed by atoms with E-state index in [9.17, 15) is 13.2 Å². The molecule has 0 unspecified atom stereocenters. The molecule has 0 radical (unpaired) electrons. The summed E-state index contributed by atoms with van der Waals surface area (Å²) in [7, 11) is -2.03. The molecule has 0 atom stereocenters. The first-order chi connectivity index (χ1) is 10.3. The van der Waals surface area contributed by atoms with Gasteiger partial charge in [0.25, 0.3) is 0 Å². The number of carbonyl (C=O) groups excluding carboxylic acids is 1.